The number of hydrogen-bond acceptors (Lipinski definition) is 7. The topological polar surface area (TPSA) is 141 Å². The number of carbonyl (C=O) groups excluding carboxylic acids is 1. The van der Waals surface area contributed by atoms with Crippen molar-refractivity contribution in [3.05, 3.63) is 96.5 Å². The van der Waals surface area contributed by atoms with Crippen molar-refractivity contribution in [3.8, 4) is 0 Å². The van der Waals surface area contributed by atoms with Crippen LogP contribution in [0.3, 0.4) is 0 Å². The molecular formula is C26H29BN4O5S. The van der Waals surface area contributed by atoms with Crippen LogP contribution in [0.4, 0.5) is 11.4 Å². The molecule has 1 amide bonds. The van der Waals surface area contributed by atoms with Gasteiger partial charge in [-0.25, -0.2) is 8.42 Å². The second-order valence-electron chi connectivity index (χ2n) is 9.02. The Hall–Kier alpha value is -3.67. The highest BCUT2D eigenvalue weighted by Crippen LogP contribution is 2.33. The third kappa shape index (κ3) is 7.91. The summed E-state index contributed by atoms with van der Waals surface area (Å²) in [4.78, 5) is 17.1. The van der Waals surface area contributed by atoms with Gasteiger partial charge in [-0.2, -0.15) is 0 Å². The van der Waals surface area contributed by atoms with Gasteiger partial charge in [0.1, 0.15) is 0 Å². The molecule has 1 fully saturated rings. The van der Waals surface area contributed by atoms with E-state index < -0.39 is 29.0 Å². The van der Waals surface area contributed by atoms with Crippen LogP contribution in [-0.2, 0) is 21.2 Å². The molecule has 0 aliphatic heterocycles. The molecule has 3 aromatic rings. The number of nitrogens with one attached hydrogen (secondary N) is 3. The molecule has 0 radical (unpaired) electrons. The maximum Gasteiger partial charge on any atom is 0.475 e. The van der Waals surface area contributed by atoms with Gasteiger partial charge in [0.05, 0.1) is 22.7 Å². The lowest BCUT2D eigenvalue weighted by atomic mass is 9.76. The molecule has 9 nitrogen and oxygen atoms in total. The first-order valence-electron chi connectivity index (χ1n) is 12.0. The van der Waals surface area contributed by atoms with Crippen molar-refractivity contribution < 1.29 is 23.3 Å². The van der Waals surface area contributed by atoms with Crippen LogP contribution in [0.15, 0.2) is 95.8 Å². The highest BCUT2D eigenvalue weighted by molar-refractivity contribution is 7.89. The van der Waals surface area contributed by atoms with Gasteiger partial charge >= 0.3 is 7.12 Å². The fourth-order valence-electron chi connectivity index (χ4n) is 3.78. The maximum absolute atomic E-state index is 13.1. The first-order valence-corrected chi connectivity index (χ1v) is 13.5. The second-order valence-corrected chi connectivity index (χ2v) is 10.7. The number of rotatable bonds is 12. The highest BCUT2D eigenvalue weighted by atomic mass is 32.2. The monoisotopic (exact) mass is 520 g/mol. The Bertz CT molecular complexity index is 1320. The number of hydrogen-bond donors (Lipinski definition) is 5. The Kier molecular flexibility index (Phi) is 8.60. The summed E-state index contributed by atoms with van der Waals surface area (Å²) < 4.78 is 28.3. The van der Waals surface area contributed by atoms with E-state index in [9.17, 15) is 23.3 Å². The lowest BCUT2D eigenvalue weighted by Gasteiger charge is -2.19. The largest absolute Gasteiger partial charge is 0.475 e. The molecule has 0 spiro atoms. The quantitative estimate of drug-likeness (QED) is 0.183. The number of nitrogens with zero attached hydrogens (tertiary/aromatic N) is 1. The third-order valence-electron chi connectivity index (χ3n) is 5.99. The molecule has 192 valence electrons. The normalized spacial score (nSPS) is 14.5. The number of anilines is 2. The van der Waals surface area contributed by atoms with E-state index in [4.69, 9.17) is 0 Å². The van der Waals surface area contributed by atoms with Crippen LogP contribution >= 0.6 is 0 Å². The van der Waals surface area contributed by atoms with Crippen LogP contribution in [0.5, 0.6) is 0 Å². The molecule has 1 atom stereocenters. The van der Waals surface area contributed by atoms with E-state index in [0.29, 0.717) is 18.0 Å². The van der Waals surface area contributed by atoms with E-state index in [1.165, 1.54) is 12.1 Å². The Labute approximate surface area is 216 Å². The van der Waals surface area contributed by atoms with Crippen LogP contribution in [0.25, 0.3) is 0 Å². The molecule has 1 unspecified atom stereocenters. The van der Waals surface area contributed by atoms with Crippen molar-refractivity contribution in [1.82, 2.24) is 15.0 Å². The first-order chi connectivity index (χ1) is 17.8. The van der Waals surface area contributed by atoms with E-state index in [1.807, 2.05) is 36.4 Å². The van der Waals surface area contributed by atoms with E-state index in [1.54, 1.807) is 30.6 Å². The minimum Gasteiger partial charge on any atom is -0.426 e. The molecule has 4 rings (SSSR count). The fourth-order valence-corrected chi connectivity index (χ4v) is 4.71. The van der Waals surface area contributed by atoms with Gasteiger partial charge < -0.3 is 20.7 Å². The van der Waals surface area contributed by atoms with Crippen molar-refractivity contribution in [2.45, 2.75) is 36.5 Å². The van der Waals surface area contributed by atoms with Crippen LogP contribution in [-0.4, -0.2) is 42.4 Å². The molecule has 0 bridgehead atoms. The molecule has 1 saturated carbocycles. The van der Waals surface area contributed by atoms with Crippen molar-refractivity contribution in [3.63, 3.8) is 0 Å². The van der Waals surface area contributed by atoms with Crippen molar-refractivity contribution in [2.24, 2.45) is 5.92 Å². The Morgan fingerprint density at radius 2 is 1.76 bits per heavy atom. The zero-order valence-electron chi connectivity index (χ0n) is 20.1. The molecule has 0 saturated heterocycles. The maximum atomic E-state index is 13.1. The van der Waals surface area contributed by atoms with Crippen molar-refractivity contribution >= 4 is 34.4 Å². The minimum absolute atomic E-state index is 0.0253. The van der Waals surface area contributed by atoms with Gasteiger partial charge in [0, 0.05) is 30.1 Å². The summed E-state index contributed by atoms with van der Waals surface area (Å²) in [7, 11) is -5.68. The standard InChI is InChI=1S/C26H29BN4O5S/c32-26(31-25(27(33)34)16-20-8-9-20)21(15-19-5-2-1-3-6-19)17-29-37(35,36)24-12-10-22(11-13-24)30-23-7-4-14-28-18-23/h1-7,10-14,17-18,20,25,29-30,33-34H,8-9,15-16H2,(H,31,32)/b21-17-. The Morgan fingerprint density at radius 3 is 2.38 bits per heavy atom. The van der Waals surface area contributed by atoms with Crippen molar-refractivity contribution in [1.29, 1.82) is 0 Å². The van der Waals surface area contributed by atoms with Gasteiger partial charge in [0.2, 0.25) is 5.91 Å². The molecule has 1 aromatic heterocycles. The van der Waals surface area contributed by atoms with Crippen molar-refractivity contribution in [2.75, 3.05) is 5.32 Å². The van der Waals surface area contributed by atoms with Crippen LogP contribution in [0, 0.1) is 5.92 Å². The third-order valence-corrected chi connectivity index (χ3v) is 7.31. The molecule has 5 N–H and O–H groups in total. The van der Waals surface area contributed by atoms with Crippen LogP contribution < -0.4 is 15.4 Å². The molecule has 1 aliphatic rings. The number of amides is 1. The Balaban J connectivity index is 1.49. The summed E-state index contributed by atoms with van der Waals surface area (Å²) in [5, 5.41) is 25.3. The average molecular weight is 520 g/mol. The summed E-state index contributed by atoms with van der Waals surface area (Å²) in [6.07, 6.45) is 7.06. The summed E-state index contributed by atoms with van der Waals surface area (Å²) >= 11 is 0. The van der Waals surface area contributed by atoms with Gasteiger partial charge in [-0.3, -0.25) is 14.5 Å². The average Bonchev–Trinajstić information content (AvgIpc) is 3.72. The summed E-state index contributed by atoms with van der Waals surface area (Å²) in [6.45, 7) is 0. The van der Waals surface area contributed by atoms with Gasteiger partial charge in [0.25, 0.3) is 10.0 Å². The summed E-state index contributed by atoms with van der Waals surface area (Å²) in [5.74, 6) is -1.06. The number of pyridine rings is 1. The smallest absolute Gasteiger partial charge is 0.426 e. The van der Waals surface area contributed by atoms with E-state index in [-0.39, 0.29) is 16.9 Å². The Morgan fingerprint density at radius 1 is 1.03 bits per heavy atom. The molecule has 2 aromatic carbocycles. The van der Waals surface area contributed by atoms with Gasteiger partial charge in [-0.15, -0.1) is 0 Å². The molecular weight excluding hydrogens is 491 g/mol. The SMILES string of the molecule is O=C(NC(CC1CC1)B(O)O)/C(=C\NS(=O)(=O)c1ccc(Nc2cccnc2)cc1)Cc1ccccc1. The summed E-state index contributed by atoms with van der Waals surface area (Å²) in [5.41, 5.74) is 2.41. The molecule has 1 heterocycles. The van der Waals surface area contributed by atoms with Gasteiger partial charge in [-0.05, 0) is 54.3 Å². The molecule has 1 aliphatic carbocycles. The number of aromatic nitrogens is 1. The first kappa shape index (κ1) is 26.4. The van der Waals surface area contributed by atoms with Gasteiger partial charge in [0.15, 0.2) is 0 Å². The predicted octanol–water partition coefficient (Wildman–Crippen LogP) is 2.53. The lowest BCUT2D eigenvalue weighted by Crippen LogP contribution is -2.47. The van der Waals surface area contributed by atoms with Crippen LogP contribution in [0.2, 0.25) is 0 Å². The van der Waals surface area contributed by atoms with Crippen LogP contribution in [0.1, 0.15) is 24.8 Å². The number of benzene rings is 2. The summed E-state index contributed by atoms with van der Waals surface area (Å²) in [6, 6.07) is 19.0. The van der Waals surface area contributed by atoms with E-state index in [2.05, 4.69) is 20.3 Å². The number of sulfonamides is 1. The fraction of sp³-hybridized carbons (Fsp3) is 0.231. The molecule has 37 heavy (non-hydrogen) atoms. The highest BCUT2D eigenvalue weighted by Gasteiger charge is 2.33. The zero-order valence-corrected chi connectivity index (χ0v) is 20.9. The number of carbonyl (C=O) groups is 1. The zero-order chi connectivity index (χ0) is 26.3. The lowest BCUT2D eigenvalue weighted by molar-refractivity contribution is -0.118. The predicted molar refractivity (Wildman–Crippen MR) is 142 cm³/mol. The van der Waals surface area contributed by atoms with Gasteiger partial charge in [-0.1, -0.05) is 43.2 Å². The van der Waals surface area contributed by atoms with E-state index >= 15 is 0 Å². The van der Waals surface area contributed by atoms with E-state index in [0.717, 1.165) is 30.3 Å². The minimum atomic E-state index is -3.97. The molecule has 11 heteroatoms. The second kappa shape index (κ2) is 12.0.